The number of hydrogen-bond donors (Lipinski definition) is 6. The summed E-state index contributed by atoms with van der Waals surface area (Å²) in [5.41, 5.74) is 2.77. The van der Waals surface area contributed by atoms with E-state index in [1.54, 1.807) is 26.2 Å². The molecule has 1 heterocycles. The van der Waals surface area contributed by atoms with Crippen LogP contribution in [0.5, 0.6) is 5.75 Å². The van der Waals surface area contributed by atoms with E-state index < -0.39 is 58.0 Å². The third-order valence-electron chi connectivity index (χ3n) is 8.68. The number of nitrogens with zero attached hydrogens (tertiary/aromatic N) is 1. The normalized spacial score (nSPS) is 28.1. The third kappa shape index (κ3) is 3.72. The Morgan fingerprint density at radius 1 is 1.15 bits per heavy atom. The van der Waals surface area contributed by atoms with Crippen LogP contribution in [0.3, 0.4) is 0 Å². The summed E-state index contributed by atoms with van der Waals surface area (Å²) in [6, 6.07) is 6.16. The van der Waals surface area contributed by atoms with Crippen LogP contribution >= 0.6 is 0 Å². The van der Waals surface area contributed by atoms with Crippen molar-refractivity contribution in [3.8, 4) is 17.1 Å². The molecule has 11 heteroatoms. The minimum absolute atomic E-state index is 0.0234. The van der Waals surface area contributed by atoms with Crippen molar-refractivity contribution in [2.45, 2.75) is 49.9 Å². The summed E-state index contributed by atoms with van der Waals surface area (Å²) in [7, 11) is 3.19. The van der Waals surface area contributed by atoms with E-state index in [1.165, 1.54) is 11.0 Å². The standard InChI is InChI=1S/C29H31N3O8/c1-32(2)23-17-10-12-9-16-15(19-8-5-14(40-19)11-31-13-3-4-13)6-7-18(33)21(16)24(34)20(12)26(36)29(17,39)27(37)22(25(23)35)28(30)38/h5-8,12-13,17,23,31,33,35-36,39H,3-4,9-11H2,1-2H3,(H2,30,38)/t12-,17+,23+,29-/m0/s1. The van der Waals surface area contributed by atoms with Gasteiger partial charge >= 0.3 is 0 Å². The van der Waals surface area contributed by atoms with Gasteiger partial charge in [-0.1, -0.05) is 0 Å². The van der Waals surface area contributed by atoms with Gasteiger partial charge in [-0.3, -0.25) is 19.3 Å². The Morgan fingerprint density at radius 2 is 1.88 bits per heavy atom. The zero-order valence-corrected chi connectivity index (χ0v) is 22.1. The Bertz CT molecular complexity index is 1530. The Morgan fingerprint density at radius 3 is 2.52 bits per heavy atom. The summed E-state index contributed by atoms with van der Waals surface area (Å²) in [6.07, 6.45) is 2.49. The molecule has 2 aromatic rings. The molecule has 11 nitrogen and oxygen atoms in total. The lowest BCUT2D eigenvalue weighted by Gasteiger charge is -2.50. The molecule has 4 aliphatic rings. The highest BCUT2D eigenvalue weighted by atomic mass is 16.4. The molecule has 1 aromatic heterocycles. The molecular weight excluding hydrogens is 518 g/mol. The van der Waals surface area contributed by atoms with Gasteiger partial charge in [0.25, 0.3) is 5.91 Å². The minimum atomic E-state index is -2.66. The number of aliphatic hydroxyl groups is 3. The molecule has 40 heavy (non-hydrogen) atoms. The van der Waals surface area contributed by atoms with Crippen LogP contribution in [0.1, 0.15) is 40.9 Å². The van der Waals surface area contributed by atoms with Crippen LogP contribution in [0.15, 0.2) is 51.3 Å². The molecule has 6 rings (SSSR count). The molecule has 1 fully saturated rings. The second kappa shape index (κ2) is 9.05. The summed E-state index contributed by atoms with van der Waals surface area (Å²) in [5.74, 6) is -5.53. The van der Waals surface area contributed by atoms with E-state index in [1.807, 2.05) is 6.07 Å². The predicted octanol–water partition coefficient (Wildman–Crippen LogP) is 1.63. The number of carbonyl (C=O) groups is 3. The van der Waals surface area contributed by atoms with Crippen molar-refractivity contribution in [2.24, 2.45) is 17.6 Å². The van der Waals surface area contributed by atoms with Gasteiger partial charge in [0.05, 0.1) is 18.2 Å². The molecule has 7 N–H and O–H groups in total. The van der Waals surface area contributed by atoms with Gasteiger partial charge in [0.15, 0.2) is 11.4 Å². The van der Waals surface area contributed by atoms with Gasteiger partial charge in [-0.25, -0.2) is 0 Å². The number of ketones is 2. The average molecular weight is 550 g/mol. The van der Waals surface area contributed by atoms with Gasteiger partial charge in [-0.15, -0.1) is 0 Å². The fraction of sp³-hybridized carbons (Fsp3) is 0.414. The molecule has 0 radical (unpaired) electrons. The Balaban J connectivity index is 1.46. The van der Waals surface area contributed by atoms with E-state index >= 15 is 0 Å². The van der Waals surface area contributed by atoms with Crippen LogP contribution in [0, 0.1) is 11.8 Å². The fourth-order valence-electron chi connectivity index (χ4n) is 6.63. The minimum Gasteiger partial charge on any atom is -0.510 e. The zero-order valence-electron chi connectivity index (χ0n) is 22.1. The highest BCUT2D eigenvalue weighted by Crippen LogP contribution is 2.53. The largest absolute Gasteiger partial charge is 0.510 e. The van der Waals surface area contributed by atoms with Gasteiger partial charge in [-0.05, 0) is 75.5 Å². The topological polar surface area (TPSA) is 187 Å². The van der Waals surface area contributed by atoms with Crippen molar-refractivity contribution in [2.75, 3.05) is 14.1 Å². The molecular formula is C29H31N3O8. The van der Waals surface area contributed by atoms with Gasteiger partial charge in [0, 0.05) is 23.1 Å². The van der Waals surface area contributed by atoms with E-state index in [0.29, 0.717) is 29.5 Å². The highest BCUT2D eigenvalue weighted by molar-refractivity contribution is 6.24. The molecule has 0 bridgehead atoms. The van der Waals surface area contributed by atoms with Crippen molar-refractivity contribution in [1.82, 2.24) is 10.2 Å². The summed E-state index contributed by atoms with van der Waals surface area (Å²) < 4.78 is 6.07. The number of furan rings is 1. The van der Waals surface area contributed by atoms with Crippen LogP contribution in [-0.2, 0) is 22.6 Å². The molecule has 1 saturated carbocycles. The summed E-state index contributed by atoms with van der Waals surface area (Å²) in [5, 5.41) is 48.1. The van der Waals surface area contributed by atoms with E-state index in [4.69, 9.17) is 10.2 Å². The van der Waals surface area contributed by atoms with Gasteiger partial charge in [-0.2, -0.15) is 0 Å². The number of likely N-dealkylation sites (N-methyl/N-ethyl adjacent to an activating group) is 1. The number of Topliss-reactive ketones (excluding diaryl/α,β-unsaturated/α-hetero) is 2. The van der Waals surface area contributed by atoms with Crippen LogP contribution < -0.4 is 11.1 Å². The number of amides is 1. The number of benzene rings is 1. The maximum atomic E-state index is 13.9. The zero-order chi connectivity index (χ0) is 28.7. The third-order valence-corrected chi connectivity index (χ3v) is 8.68. The monoisotopic (exact) mass is 549 g/mol. The van der Waals surface area contributed by atoms with Crippen molar-refractivity contribution in [3.63, 3.8) is 0 Å². The van der Waals surface area contributed by atoms with Crippen molar-refractivity contribution >= 4 is 17.5 Å². The number of carbonyl (C=O) groups excluding carboxylic acids is 3. The number of phenols is 1. The lowest BCUT2D eigenvalue weighted by molar-refractivity contribution is -0.148. The first-order chi connectivity index (χ1) is 18.9. The van der Waals surface area contributed by atoms with Crippen LogP contribution in [-0.4, -0.2) is 74.6 Å². The molecule has 4 atom stereocenters. The molecule has 1 aromatic carbocycles. The van der Waals surface area contributed by atoms with Gasteiger partial charge < -0.3 is 35.9 Å². The van der Waals surface area contributed by atoms with Crippen LogP contribution in [0.25, 0.3) is 11.3 Å². The van der Waals surface area contributed by atoms with E-state index in [2.05, 4.69) is 5.32 Å². The second-order valence-electron chi connectivity index (χ2n) is 11.4. The van der Waals surface area contributed by atoms with Gasteiger partial charge in [0.2, 0.25) is 5.78 Å². The van der Waals surface area contributed by atoms with E-state index in [9.17, 15) is 34.8 Å². The quantitative estimate of drug-likeness (QED) is 0.289. The summed E-state index contributed by atoms with van der Waals surface area (Å²) in [4.78, 5) is 40.9. The maximum Gasteiger partial charge on any atom is 0.255 e. The number of nitrogens with two attached hydrogens (primary N) is 1. The predicted molar refractivity (Wildman–Crippen MR) is 141 cm³/mol. The first kappa shape index (κ1) is 26.3. The number of hydrogen-bond acceptors (Lipinski definition) is 10. The summed E-state index contributed by atoms with van der Waals surface area (Å²) in [6.45, 7) is 0.567. The first-order valence-electron chi connectivity index (χ1n) is 13.3. The van der Waals surface area contributed by atoms with Crippen LogP contribution in [0.2, 0.25) is 0 Å². The first-order valence-corrected chi connectivity index (χ1v) is 13.3. The molecule has 210 valence electrons. The Kier molecular flexibility index (Phi) is 5.95. The molecule has 0 spiro atoms. The molecule has 0 saturated heterocycles. The number of aromatic hydroxyl groups is 1. The van der Waals surface area contributed by atoms with Gasteiger partial charge in [0.1, 0.15) is 34.4 Å². The number of primary amides is 1. The smallest absolute Gasteiger partial charge is 0.255 e. The number of phenolic OH excluding ortho intramolecular Hbond substituents is 1. The second-order valence-corrected chi connectivity index (χ2v) is 11.4. The van der Waals surface area contributed by atoms with E-state index in [-0.39, 0.29) is 29.7 Å². The van der Waals surface area contributed by atoms with E-state index in [0.717, 1.165) is 18.6 Å². The SMILES string of the molecule is CN(C)[C@H]1C(O)=C(C(N)=O)C(=O)[C@@]2(O)C(O)=C3C(=O)c4c(O)ccc(-c5ccc(CNC6CC6)o5)c4C[C@H]3C[C@H]12. The molecule has 4 aliphatic carbocycles. The molecule has 0 unspecified atom stereocenters. The van der Waals surface area contributed by atoms with Crippen molar-refractivity contribution in [3.05, 3.63) is 63.8 Å². The average Bonchev–Trinajstić information content (AvgIpc) is 3.60. The Hall–Kier alpha value is -3.93. The molecule has 0 aliphatic heterocycles. The Labute approximate surface area is 229 Å². The number of aliphatic hydroxyl groups excluding tert-OH is 2. The number of rotatable bonds is 6. The van der Waals surface area contributed by atoms with Crippen molar-refractivity contribution < 1.29 is 39.2 Å². The lowest BCUT2D eigenvalue weighted by Crippen LogP contribution is -2.63. The lowest BCUT2D eigenvalue weighted by atomic mass is 9.58. The highest BCUT2D eigenvalue weighted by Gasteiger charge is 2.63. The number of fused-ring (bicyclic) bond motifs is 3. The van der Waals surface area contributed by atoms with Crippen LogP contribution in [0.4, 0.5) is 0 Å². The maximum absolute atomic E-state index is 13.9. The molecule has 1 amide bonds. The van der Waals surface area contributed by atoms with Crippen molar-refractivity contribution in [1.29, 1.82) is 0 Å². The summed E-state index contributed by atoms with van der Waals surface area (Å²) >= 11 is 0. The number of allylic oxidation sites excluding steroid dienone is 1. The number of nitrogens with one attached hydrogen (secondary N) is 1. The fourth-order valence-corrected chi connectivity index (χ4v) is 6.63.